The minimum atomic E-state index is -1.61. The third-order valence-electron chi connectivity index (χ3n) is 5.53. The fraction of sp³-hybridized carbons (Fsp3) is 0.636. The van der Waals surface area contributed by atoms with Gasteiger partial charge in [-0.3, -0.25) is 0 Å². The molecule has 1 aliphatic carbocycles. The largest absolute Gasteiger partial charge is 0.591 e. The molecule has 1 heterocycles. The van der Waals surface area contributed by atoms with Gasteiger partial charge in [0, 0.05) is 29.6 Å². The van der Waals surface area contributed by atoms with E-state index in [4.69, 9.17) is 4.74 Å². The standard InChI is InChI=1S/C22H30F2N2O3S/c1-20(2,3)29-19(27)26-11-9-22(10-12-26)13-14-15(23)7-8-16(24)17(14)18(22)25-30(28)21(4,5)6/h7-8H,9-13H2,1-6H3. The minimum Gasteiger partial charge on any atom is -0.591 e. The highest BCUT2D eigenvalue weighted by atomic mass is 32.2. The SMILES string of the molecule is CC(C)(C)OC(=O)N1CCC2(CC1)Cc1c(F)ccc(F)c1C2=N[S+]([O-])C(C)(C)C. The molecule has 1 aliphatic heterocycles. The average Bonchev–Trinajstić information content (AvgIpc) is 2.92. The summed E-state index contributed by atoms with van der Waals surface area (Å²) < 4.78 is 51.4. The molecule has 0 saturated carbocycles. The Morgan fingerprint density at radius 2 is 1.70 bits per heavy atom. The normalized spacial score (nSPS) is 21.1. The van der Waals surface area contributed by atoms with Crippen LogP contribution in [0.25, 0.3) is 0 Å². The van der Waals surface area contributed by atoms with Gasteiger partial charge >= 0.3 is 6.09 Å². The van der Waals surface area contributed by atoms with Crippen LogP contribution in [0.3, 0.4) is 0 Å². The number of carbonyl (C=O) groups is 1. The van der Waals surface area contributed by atoms with E-state index in [1.807, 2.05) is 20.8 Å². The van der Waals surface area contributed by atoms with E-state index in [2.05, 4.69) is 4.40 Å². The fourth-order valence-electron chi connectivity index (χ4n) is 3.93. The van der Waals surface area contributed by atoms with E-state index in [9.17, 15) is 18.1 Å². The van der Waals surface area contributed by atoms with Gasteiger partial charge in [0.1, 0.15) is 39.1 Å². The lowest BCUT2D eigenvalue weighted by Gasteiger charge is -2.39. The Labute approximate surface area is 180 Å². The van der Waals surface area contributed by atoms with Crippen LogP contribution in [0.1, 0.15) is 65.5 Å². The maximum atomic E-state index is 14.8. The van der Waals surface area contributed by atoms with Crippen LogP contribution in [-0.4, -0.2) is 44.7 Å². The molecule has 8 heteroatoms. The van der Waals surface area contributed by atoms with Gasteiger partial charge in [0.05, 0.1) is 0 Å². The third kappa shape index (κ3) is 4.49. The molecule has 1 amide bonds. The Balaban J connectivity index is 1.95. The van der Waals surface area contributed by atoms with Crippen LogP contribution < -0.4 is 0 Å². The molecule has 1 spiro atoms. The summed E-state index contributed by atoms with van der Waals surface area (Å²) in [6.45, 7) is 11.6. The summed E-state index contributed by atoms with van der Waals surface area (Å²) in [6, 6.07) is 2.22. The first-order valence-electron chi connectivity index (χ1n) is 10.2. The number of halogens is 2. The molecule has 0 radical (unpaired) electrons. The monoisotopic (exact) mass is 440 g/mol. The molecule has 1 saturated heterocycles. The number of nitrogens with zero attached hydrogens (tertiary/aromatic N) is 2. The second-order valence-electron chi connectivity index (χ2n) is 10.1. The molecule has 1 fully saturated rings. The number of carbonyl (C=O) groups excluding carboxylic acids is 1. The van der Waals surface area contributed by atoms with Crippen LogP contribution in [-0.2, 0) is 22.5 Å². The first-order valence-corrected chi connectivity index (χ1v) is 11.3. The van der Waals surface area contributed by atoms with E-state index in [1.54, 1.807) is 25.7 Å². The van der Waals surface area contributed by atoms with Gasteiger partial charge in [-0.15, -0.1) is 0 Å². The van der Waals surface area contributed by atoms with Crippen LogP contribution in [0.15, 0.2) is 16.5 Å². The van der Waals surface area contributed by atoms with E-state index in [1.165, 1.54) is 0 Å². The van der Waals surface area contributed by atoms with Gasteiger partial charge in [-0.1, -0.05) is 4.40 Å². The second kappa shape index (κ2) is 7.79. The van der Waals surface area contributed by atoms with Gasteiger partial charge < -0.3 is 14.2 Å². The Morgan fingerprint density at radius 3 is 2.23 bits per heavy atom. The van der Waals surface area contributed by atoms with Crippen molar-refractivity contribution in [3.8, 4) is 0 Å². The number of hydrogen-bond acceptors (Lipinski definition) is 4. The molecule has 2 aliphatic rings. The van der Waals surface area contributed by atoms with E-state index >= 15 is 0 Å². The highest BCUT2D eigenvalue weighted by Crippen LogP contribution is 2.47. The average molecular weight is 441 g/mol. The Hall–Kier alpha value is -1.67. The van der Waals surface area contributed by atoms with Gasteiger partial charge in [-0.05, 0) is 72.9 Å². The zero-order chi connectivity index (χ0) is 22.5. The summed E-state index contributed by atoms with van der Waals surface area (Å²) in [5.74, 6) is -1.03. The van der Waals surface area contributed by atoms with Crippen LogP contribution in [0.4, 0.5) is 13.6 Å². The van der Waals surface area contributed by atoms with Gasteiger partial charge in [-0.2, -0.15) is 0 Å². The number of amides is 1. The summed E-state index contributed by atoms with van der Waals surface area (Å²) in [5.41, 5.74) is -0.460. The predicted molar refractivity (Wildman–Crippen MR) is 114 cm³/mol. The molecule has 1 atom stereocenters. The van der Waals surface area contributed by atoms with Gasteiger partial charge in [0.25, 0.3) is 0 Å². The predicted octanol–water partition coefficient (Wildman–Crippen LogP) is 4.79. The van der Waals surface area contributed by atoms with Gasteiger partial charge in [-0.25, -0.2) is 13.6 Å². The van der Waals surface area contributed by atoms with Crippen molar-refractivity contribution in [2.45, 2.75) is 71.2 Å². The summed E-state index contributed by atoms with van der Waals surface area (Å²) in [7, 11) is 0. The number of ether oxygens (including phenoxy) is 1. The fourth-order valence-corrected chi connectivity index (χ4v) is 4.65. The van der Waals surface area contributed by atoms with E-state index < -0.39 is 44.9 Å². The lowest BCUT2D eigenvalue weighted by atomic mass is 9.74. The first kappa shape index (κ1) is 23.0. The highest BCUT2D eigenvalue weighted by Gasteiger charge is 2.50. The Kier molecular flexibility index (Phi) is 5.97. The number of piperidine rings is 1. The molecule has 0 aromatic heterocycles. The van der Waals surface area contributed by atoms with Crippen molar-refractivity contribution in [3.63, 3.8) is 0 Å². The molecule has 30 heavy (non-hydrogen) atoms. The summed E-state index contributed by atoms with van der Waals surface area (Å²) in [5, 5.41) is 0. The number of fused-ring (bicyclic) bond motifs is 1. The lowest BCUT2D eigenvalue weighted by Crippen LogP contribution is -2.47. The maximum absolute atomic E-state index is 14.8. The summed E-state index contributed by atoms with van der Waals surface area (Å²) >= 11 is -1.61. The third-order valence-corrected chi connectivity index (χ3v) is 6.93. The van der Waals surface area contributed by atoms with Crippen LogP contribution in [0.5, 0.6) is 0 Å². The number of likely N-dealkylation sites (tertiary alicyclic amines) is 1. The lowest BCUT2D eigenvalue weighted by molar-refractivity contribution is 0.0159. The van der Waals surface area contributed by atoms with E-state index in [0.717, 1.165) is 12.1 Å². The number of hydrogen-bond donors (Lipinski definition) is 0. The van der Waals surface area contributed by atoms with Crippen molar-refractivity contribution < 1.29 is 22.9 Å². The van der Waals surface area contributed by atoms with Crippen molar-refractivity contribution in [2.75, 3.05) is 13.1 Å². The minimum absolute atomic E-state index is 0.137. The van der Waals surface area contributed by atoms with Crippen LogP contribution in [0.2, 0.25) is 0 Å². The quantitative estimate of drug-likeness (QED) is 0.590. The number of benzene rings is 1. The van der Waals surface area contributed by atoms with Gasteiger partial charge in [0.2, 0.25) is 0 Å². The topological polar surface area (TPSA) is 65.0 Å². The van der Waals surface area contributed by atoms with Crippen LogP contribution in [0, 0.1) is 17.0 Å². The van der Waals surface area contributed by atoms with E-state index in [-0.39, 0.29) is 17.5 Å². The molecule has 1 aromatic carbocycles. The molecule has 166 valence electrons. The summed E-state index contributed by atoms with van der Waals surface area (Å²) in [6.07, 6.45) is 0.829. The zero-order valence-corrected chi connectivity index (χ0v) is 19.3. The van der Waals surface area contributed by atoms with Crippen molar-refractivity contribution >= 4 is 23.2 Å². The van der Waals surface area contributed by atoms with Crippen LogP contribution >= 0.6 is 0 Å². The Bertz CT molecular complexity index is 866. The maximum Gasteiger partial charge on any atom is 0.410 e. The van der Waals surface area contributed by atoms with Crippen molar-refractivity contribution in [3.05, 3.63) is 34.9 Å². The van der Waals surface area contributed by atoms with Gasteiger partial charge in [0.15, 0.2) is 0 Å². The van der Waals surface area contributed by atoms with Crippen molar-refractivity contribution in [1.29, 1.82) is 0 Å². The first-order chi connectivity index (χ1) is 13.7. The molecular formula is C22H30F2N2O3S. The number of rotatable bonds is 1. The highest BCUT2D eigenvalue weighted by molar-refractivity contribution is 7.91. The molecule has 1 unspecified atom stereocenters. The second-order valence-corrected chi connectivity index (χ2v) is 12.0. The van der Waals surface area contributed by atoms with Crippen molar-refractivity contribution in [1.82, 2.24) is 4.90 Å². The molecule has 5 nitrogen and oxygen atoms in total. The Morgan fingerprint density at radius 1 is 1.13 bits per heavy atom. The smallest absolute Gasteiger partial charge is 0.410 e. The molecule has 1 aromatic rings. The zero-order valence-electron chi connectivity index (χ0n) is 18.5. The molecule has 0 N–H and O–H groups in total. The molecular weight excluding hydrogens is 410 g/mol. The van der Waals surface area contributed by atoms with Crippen molar-refractivity contribution in [2.24, 2.45) is 9.81 Å². The molecule has 3 rings (SSSR count). The molecule has 0 bridgehead atoms. The van der Waals surface area contributed by atoms with E-state index in [0.29, 0.717) is 31.6 Å². The summed E-state index contributed by atoms with van der Waals surface area (Å²) in [4.78, 5) is 14.1.